The van der Waals surface area contributed by atoms with Crippen molar-refractivity contribution >= 4 is 21.4 Å². The van der Waals surface area contributed by atoms with Gasteiger partial charge in [0.15, 0.2) is 9.84 Å². The number of nitrogens with two attached hydrogens (primary N) is 1. The first-order valence-electron chi connectivity index (χ1n) is 4.18. The van der Waals surface area contributed by atoms with Crippen LogP contribution < -0.4 is 5.73 Å². The highest BCUT2D eigenvalue weighted by molar-refractivity contribution is 7.92. The first kappa shape index (κ1) is 11.5. The fourth-order valence-electron chi connectivity index (χ4n) is 1.00. The van der Waals surface area contributed by atoms with Crippen molar-refractivity contribution < 1.29 is 8.42 Å². The van der Waals surface area contributed by atoms with Crippen molar-refractivity contribution in [2.45, 2.75) is 17.1 Å². The summed E-state index contributed by atoms with van der Waals surface area (Å²) in [6.45, 7) is 1.69. The third-order valence-electron chi connectivity index (χ3n) is 1.99. The molecule has 0 heterocycles. The van der Waals surface area contributed by atoms with Crippen molar-refractivity contribution in [3.63, 3.8) is 0 Å². The number of benzene rings is 1. The van der Waals surface area contributed by atoms with Crippen LogP contribution in [-0.2, 0) is 9.84 Å². The van der Waals surface area contributed by atoms with Crippen LogP contribution in [0.2, 0.25) is 5.02 Å². The molecule has 0 saturated carbocycles. The number of rotatable bonds is 3. The molecule has 0 aliphatic carbocycles. The van der Waals surface area contributed by atoms with Crippen LogP contribution >= 0.6 is 11.6 Å². The second-order valence-corrected chi connectivity index (χ2v) is 5.85. The van der Waals surface area contributed by atoms with Gasteiger partial charge in [-0.2, -0.15) is 0 Å². The van der Waals surface area contributed by atoms with Crippen molar-refractivity contribution in [2.24, 2.45) is 5.73 Å². The highest BCUT2D eigenvalue weighted by Crippen LogP contribution is 2.19. The average Bonchev–Trinajstić information content (AvgIpc) is 2.16. The van der Waals surface area contributed by atoms with Crippen LogP contribution in [-0.4, -0.2) is 20.2 Å². The van der Waals surface area contributed by atoms with Gasteiger partial charge in [0.2, 0.25) is 0 Å². The molecule has 0 aromatic heterocycles. The molecule has 0 spiro atoms. The summed E-state index contributed by atoms with van der Waals surface area (Å²) < 4.78 is 23.6. The summed E-state index contributed by atoms with van der Waals surface area (Å²) >= 11 is 5.70. The Morgan fingerprint density at radius 2 is 2.14 bits per heavy atom. The Labute approximate surface area is 88.8 Å². The number of halogens is 1. The van der Waals surface area contributed by atoms with E-state index in [1.165, 1.54) is 12.1 Å². The molecule has 14 heavy (non-hydrogen) atoms. The lowest BCUT2D eigenvalue weighted by atomic mass is 10.4. The van der Waals surface area contributed by atoms with E-state index in [1.807, 2.05) is 0 Å². The zero-order valence-corrected chi connectivity index (χ0v) is 9.35. The average molecular weight is 234 g/mol. The molecule has 78 valence electrons. The van der Waals surface area contributed by atoms with Gasteiger partial charge in [-0.1, -0.05) is 17.7 Å². The van der Waals surface area contributed by atoms with Crippen molar-refractivity contribution in [1.82, 2.24) is 0 Å². The molecule has 2 N–H and O–H groups in total. The van der Waals surface area contributed by atoms with Gasteiger partial charge in [0.25, 0.3) is 0 Å². The molecule has 0 radical (unpaired) electrons. The van der Waals surface area contributed by atoms with E-state index in [-0.39, 0.29) is 11.4 Å². The maximum absolute atomic E-state index is 11.8. The predicted molar refractivity (Wildman–Crippen MR) is 57.2 cm³/mol. The fraction of sp³-hybridized carbons (Fsp3) is 0.333. The van der Waals surface area contributed by atoms with Crippen LogP contribution in [0.15, 0.2) is 29.2 Å². The molecular weight excluding hydrogens is 222 g/mol. The Kier molecular flexibility index (Phi) is 3.53. The molecule has 0 aliphatic rings. The van der Waals surface area contributed by atoms with Crippen molar-refractivity contribution in [1.29, 1.82) is 0 Å². The molecule has 1 aromatic carbocycles. The molecule has 0 bridgehead atoms. The SMILES string of the molecule is CC(CN)S(=O)(=O)c1cccc(Cl)c1. The molecule has 0 amide bonds. The molecular formula is C9H12ClNO2S. The summed E-state index contributed by atoms with van der Waals surface area (Å²) in [7, 11) is -3.32. The molecule has 1 unspecified atom stereocenters. The van der Waals surface area contributed by atoms with E-state index >= 15 is 0 Å². The minimum absolute atomic E-state index is 0.106. The van der Waals surface area contributed by atoms with E-state index in [9.17, 15) is 8.42 Å². The topological polar surface area (TPSA) is 60.2 Å². The third-order valence-corrected chi connectivity index (χ3v) is 4.38. The van der Waals surface area contributed by atoms with E-state index < -0.39 is 15.1 Å². The minimum Gasteiger partial charge on any atom is -0.329 e. The van der Waals surface area contributed by atoms with Gasteiger partial charge in [-0.3, -0.25) is 0 Å². The molecule has 0 saturated heterocycles. The van der Waals surface area contributed by atoms with Gasteiger partial charge in [-0.05, 0) is 25.1 Å². The number of hydrogen-bond acceptors (Lipinski definition) is 3. The summed E-state index contributed by atoms with van der Waals surface area (Å²) in [5.74, 6) is 0. The first-order chi connectivity index (χ1) is 6.48. The smallest absolute Gasteiger partial charge is 0.182 e. The standard InChI is InChI=1S/C9H12ClNO2S/c1-7(6-11)14(12,13)9-4-2-3-8(10)5-9/h2-5,7H,6,11H2,1H3. The number of hydrogen-bond donors (Lipinski definition) is 1. The molecule has 5 heteroatoms. The summed E-state index contributed by atoms with van der Waals surface area (Å²) in [5.41, 5.74) is 5.32. The third kappa shape index (κ3) is 2.26. The molecule has 1 atom stereocenters. The molecule has 0 aliphatic heterocycles. The summed E-state index contributed by atoms with van der Waals surface area (Å²) in [6, 6.07) is 6.20. The van der Waals surface area contributed by atoms with Crippen molar-refractivity contribution in [3.05, 3.63) is 29.3 Å². The summed E-state index contributed by atoms with van der Waals surface area (Å²) in [5, 5.41) is -0.170. The van der Waals surface area contributed by atoms with Gasteiger partial charge < -0.3 is 5.73 Å². The molecule has 0 fully saturated rings. The summed E-state index contributed by atoms with van der Waals surface area (Å²) in [6.07, 6.45) is 0. The molecule has 1 rings (SSSR count). The Balaban J connectivity index is 3.17. The van der Waals surface area contributed by atoms with Crippen LogP contribution in [0.1, 0.15) is 6.92 Å². The minimum atomic E-state index is -3.32. The Hall–Kier alpha value is -0.580. The van der Waals surface area contributed by atoms with Crippen LogP contribution in [0, 0.1) is 0 Å². The zero-order chi connectivity index (χ0) is 10.8. The monoisotopic (exact) mass is 233 g/mol. The van der Waals surface area contributed by atoms with Gasteiger partial charge in [0.05, 0.1) is 10.1 Å². The van der Waals surface area contributed by atoms with Crippen LogP contribution in [0.4, 0.5) is 0 Å². The van der Waals surface area contributed by atoms with Crippen molar-refractivity contribution in [2.75, 3.05) is 6.54 Å². The van der Waals surface area contributed by atoms with Crippen molar-refractivity contribution in [3.8, 4) is 0 Å². The van der Waals surface area contributed by atoms with E-state index in [4.69, 9.17) is 17.3 Å². The van der Waals surface area contributed by atoms with Gasteiger partial charge in [0.1, 0.15) is 0 Å². The highest BCUT2D eigenvalue weighted by atomic mass is 35.5. The van der Waals surface area contributed by atoms with E-state index in [1.54, 1.807) is 19.1 Å². The lowest BCUT2D eigenvalue weighted by Gasteiger charge is -2.10. The number of sulfone groups is 1. The fourth-order valence-corrected chi connectivity index (χ4v) is 2.54. The first-order valence-corrected chi connectivity index (χ1v) is 6.10. The van der Waals surface area contributed by atoms with Crippen LogP contribution in [0.25, 0.3) is 0 Å². The second-order valence-electron chi connectivity index (χ2n) is 3.05. The highest BCUT2D eigenvalue weighted by Gasteiger charge is 2.21. The van der Waals surface area contributed by atoms with Gasteiger partial charge in [-0.15, -0.1) is 0 Å². The maximum Gasteiger partial charge on any atom is 0.182 e. The van der Waals surface area contributed by atoms with E-state index in [0.717, 1.165) is 0 Å². The Morgan fingerprint density at radius 3 is 2.64 bits per heavy atom. The lowest BCUT2D eigenvalue weighted by molar-refractivity contribution is 0.584. The van der Waals surface area contributed by atoms with Gasteiger partial charge in [0, 0.05) is 11.6 Å². The Bertz CT molecular complexity index is 417. The molecule has 1 aromatic rings. The molecule has 3 nitrogen and oxygen atoms in total. The van der Waals surface area contributed by atoms with Crippen LogP contribution in [0.3, 0.4) is 0 Å². The maximum atomic E-state index is 11.8. The summed E-state index contributed by atoms with van der Waals surface area (Å²) in [4.78, 5) is 0.225. The zero-order valence-electron chi connectivity index (χ0n) is 7.77. The Morgan fingerprint density at radius 1 is 1.50 bits per heavy atom. The quantitative estimate of drug-likeness (QED) is 0.860. The normalized spacial score (nSPS) is 13.9. The van der Waals surface area contributed by atoms with E-state index in [2.05, 4.69) is 0 Å². The predicted octanol–water partition coefficient (Wildman–Crippen LogP) is 1.46. The largest absolute Gasteiger partial charge is 0.329 e. The van der Waals surface area contributed by atoms with Gasteiger partial charge in [-0.25, -0.2) is 8.42 Å². The lowest BCUT2D eigenvalue weighted by Crippen LogP contribution is -2.26. The second kappa shape index (κ2) is 4.29. The van der Waals surface area contributed by atoms with E-state index in [0.29, 0.717) is 5.02 Å². The van der Waals surface area contributed by atoms with Gasteiger partial charge >= 0.3 is 0 Å². The van der Waals surface area contributed by atoms with Crippen LogP contribution in [0.5, 0.6) is 0 Å².